The van der Waals surface area contributed by atoms with Crippen LogP contribution in [0.15, 0.2) is 33.7 Å². The molecule has 0 radical (unpaired) electrons. The smallest absolute Gasteiger partial charge is 0.191 e. The highest BCUT2D eigenvalue weighted by molar-refractivity contribution is 14.0. The van der Waals surface area contributed by atoms with Crippen LogP contribution in [0, 0.1) is 5.92 Å². The molecule has 0 spiro atoms. The van der Waals surface area contributed by atoms with E-state index in [-0.39, 0.29) is 29.4 Å². The number of aliphatic imine (C=N–C) groups is 1. The van der Waals surface area contributed by atoms with Gasteiger partial charge in [0, 0.05) is 49.2 Å². The lowest BCUT2D eigenvalue weighted by atomic mass is 9.96. The van der Waals surface area contributed by atoms with E-state index in [0.29, 0.717) is 5.92 Å². The molecule has 0 bridgehead atoms. The molecule has 1 aromatic carbocycles. The molecule has 2 fully saturated rings. The summed E-state index contributed by atoms with van der Waals surface area (Å²) in [6.45, 7) is 5.13. The lowest BCUT2D eigenvalue weighted by molar-refractivity contribution is 0.0888. The molecule has 5 nitrogen and oxygen atoms in total. The maximum atomic E-state index is 5.74. The molecule has 2 N–H and O–H groups in total. The number of nitrogens with one attached hydrogen (secondary N) is 2. The predicted molar refractivity (Wildman–Crippen MR) is 124 cm³/mol. The predicted octanol–water partition coefficient (Wildman–Crippen LogP) is 3.71. The van der Waals surface area contributed by atoms with Gasteiger partial charge in [-0.15, -0.1) is 24.0 Å². The summed E-state index contributed by atoms with van der Waals surface area (Å²) in [7, 11) is 1.82. The number of rotatable bonds is 9. The first-order valence-corrected chi connectivity index (χ1v) is 10.4. The summed E-state index contributed by atoms with van der Waals surface area (Å²) in [6.07, 6.45) is 4.57. The van der Waals surface area contributed by atoms with E-state index in [1.165, 1.54) is 18.4 Å². The molecule has 0 aromatic heterocycles. The van der Waals surface area contributed by atoms with E-state index in [1.807, 2.05) is 7.05 Å². The van der Waals surface area contributed by atoms with Gasteiger partial charge in [-0.25, -0.2) is 0 Å². The largest absolute Gasteiger partial charge is 0.381 e. The summed E-state index contributed by atoms with van der Waals surface area (Å²) in [5.74, 6) is 1.46. The maximum Gasteiger partial charge on any atom is 0.191 e. The van der Waals surface area contributed by atoms with Crippen LogP contribution < -0.4 is 10.6 Å². The summed E-state index contributed by atoms with van der Waals surface area (Å²) in [4.78, 5) is 4.34. The van der Waals surface area contributed by atoms with Crippen molar-refractivity contribution < 1.29 is 9.47 Å². The highest BCUT2D eigenvalue weighted by Crippen LogP contribution is 2.48. The number of benzene rings is 1. The number of nitrogens with zero attached hydrogens (tertiary/aromatic N) is 1. The van der Waals surface area contributed by atoms with Crippen LogP contribution >= 0.6 is 39.9 Å². The zero-order valence-electron chi connectivity index (χ0n) is 16.0. The molecule has 1 saturated carbocycles. The summed E-state index contributed by atoms with van der Waals surface area (Å²) in [6, 6.07) is 8.65. The molecule has 1 unspecified atom stereocenters. The van der Waals surface area contributed by atoms with E-state index in [1.54, 1.807) is 0 Å². The topological polar surface area (TPSA) is 54.9 Å². The van der Waals surface area contributed by atoms with Gasteiger partial charge in [-0.05, 0) is 43.4 Å². The SMILES string of the molecule is CN=C(NCCCOCC1CCOC1)NCC1(c2cccc(Br)c2)CC1.I. The van der Waals surface area contributed by atoms with Crippen LogP contribution in [0.3, 0.4) is 0 Å². The van der Waals surface area contributed by atoms with Crippen LogP contribution in [0.4, 0.5) is 0 Å². The number of halogens is 2. The molecule has 1 atom stereocenters. The monoisotopic (exact) mass is 551 g/mol. The van der Waals surface area contributed by atoms with E-state index in [2.05, 4.69) is 55.8 Å². The van der Waals surface area contributed by atoms with E-state index in [4.69, 9.17) is 9.47 Å². The molecule has 1 aromatic rings. The maximum absolute atomic E-state index is 5.74. The normalized spacial score (nSPS) is 20.8. The summed E-state index contributed by atoms with van der Waals surface area (Å²) >= 11 is 3.58. The van der Waals surface area contributed by atoms with E-state index < -0.39 is 0 Å². The fourth-order valence-corrected chi connectivity index (χ4v) is 3.76. The van der Waals surface area contributed by atoms with Gasteiger partial charge in [-0.3, -0.25) is 4.99 Å². The van der Waals surface area contributed by atoms with E-state index in [0.717, 1.165) is 62.8 Å². The van der Waals surface area contributed by atoms with Crippen LogP contribution in [0.25, 0.3) is 0 Å². The average molecular weight is 552 g/mol. The Kier molecular flexibility index (Phi) is 9.82. The van der Waals surface area contributed by atoms with Gasteiger partial charge in [-0.1, -0.05) is 28.1 Å². The van der Waals surface area contributed by atoms with Gasteiger partial charge >= 0.3 is 0 Å². The molecule has 0 amide bonds. The minimum absolute atomic E-state index is 0. The van der Waals surface area contributed by atoms with Crippen molar-refractivity contribution in [1.82, 2.24) is 10.6 Å². The van der Waals surface area contributed by atoms with Gasteiger partial charge in [0.15, 0.2) is 5.96 Å². The Bertz CT molecular complexity index is 605. The quantitative estimate of drug-likeness (QED) is 0.213. The first kappa shape index (κ1) is 22.9. The summed E-state index contributed by atoms with van der Waals surface area (Å²) < 4.78 is 12.2. The van der Waals surface area contributed by atoms with Gasteiger partial charge < -0.3 is 20.1 Å². The van der Waals surface area contributed by atoms with Crippen molar-refractivity contribution in [3.8, 4) is 0 Å². The Morgan fingerprint density at radius 3 is 2.89 bits per heavy atom. The average Bonchev–Trinajstić information content (AvgIpc) is 3.27. The number of ether oxygens (including phenoxy) is 2. The molecular weight excluding hydrogens is 521 g/mol. The molecule has 2 aliphatic rings. The Hall–Kier alpha value is -0.380. The standard InChI is InChI=1S/C20H30BrN3O2.HI/c1-22-19(23-9-3-10-25-13-16-6-11-26-14-16)24-15-20(7-8-20)17-4-2-5-18(21)12-17;/h2,4-5,12,16H,3,6-11,13-15H2,1H3,(H2,22,23,24);1H. The van der Waals surface area contributed by atoms with Crippen LogP contribution in [0.2, 0.25) is 0 Å². The molecule has 152 valence electrons. The zero-order valence-corrected chi connectivity index (χ0v) is 19.9. The van der Waals surface area contributed by atoms with Gasteiger partial charge in [0.2, 0.25) is 0 Å². The van der Waals surface area contributed by atoms with Crippen molar-refractivity contribution in [2.24, 2.45) is 10.9 Å². The number of hydrogen-bond acceptors (Lipinski definition) is 3. The van der Waals surface area contributed by atoms with Crippen LogP contribution in [0.5, 0.6) is 0 Å². The minimum atomic E-state index is 0. The van der Waals surface area contributed by atoms with Crippen LogP contribution in [0.1, 0.15) is 31.2 Å². The zero-order chi connectivity index (χ0) is 18.2. The lowest BCUT2D eigenvalue weighted by Gasteiger charge is -2.19. The molecule has 27 heavy (non-hydrogen) atoms. The highest BCUT2D eigenvalue weighted by atomic mass is 127. The molecule has 1 aliphatic heterocycles. The van der Waals surface area contributed by atoms with Crippen molar-refractivity contribution in [1.29, 1.82) is 0 Å². The van der Waals surface area contributed by atoms with Crippen molar-refractivity contribution in [3.05, 3.63) is 34.3 Å². The summed E-state index contributed by atoms with van der Waals surface area (Å²) in [5, 5.41) is 6.88. The van der Waals surface area contributed by atoms with Gasteiger partial charge in [-0.2, -0.15) is 0 Å². The van der Waals surface area contributed by atoms with Gasteiger partial charge in [0.05, 0.1) is 13.2 Å². The highest BCUT2D eigenvalue weighted by Gasteiger charge is 2.44. The van der Waals surface area contributed by atoms with Crippen molar-refractivity contribution in [3.63, 3.8) is 0 Å². The summed E-state index contributed by atoms with van der Waals surface area (Å²) in [5.41, 5.74) is 1.66. The first-order valence-electron chi connectivity index (χ1n) is 9.58. The minimum Gasteiger partial charge on any atom is -0.381 e. The fraction of sp³-hybridized carbons (Fsp3) is 0.650. The number of guanidine groups is 1. The molecule has 1 saturated heterocycles. The Labute approximate surface area is 188 Å². The van der Waals surface area contributed by atoms with Gasteiger partial charge in [0.1, 0.15) is 0 Å². The third-order valence-electron chi connectivity index (χ3n) is 5.24. The molecule has 1 heterocycles. The van der Waals surface area contributed by atoms with Crippen molar-refractivity contribution in [2.45, 2.75) is 31.1 Å². The Balaban J connectivity index is 0.00000261. The third kappa shape index (κ3) is 7.18. The molecule has 7 heteroatoms. The third-order valence-corrected chi connectivity index (χ3v) is 5.74. The number of hydrogen-bond donors (Lipinski definition) is 2. The second-order valence-corrected chi connectivity index (χ2v) is 8.22. The second kappa shape index (κ2) is 11.6. The first-order chi connectivity index (χ1) is 12.7. The van der Waals surface area contributed by atoms with E-state index in [9.17, 15) is 0 Å². The fourth-order valence-electron chi connectivity index (χ4n) is 3.36. The van der Waals surface area contributed by atoms with Crippen LogP contribution in [-0.2, 0) is 14.9 Å². The van der Waals surface area contributed by atoms with Gasteiger partial charge in [0.25, 0.3) is 0 Å². The van der Waals surface area contributed by atoms with E-state index >= 15 is 0 Å². The molecular formula is C20H31BrIN3O2. The lowest BCUT2D eigenvalue weighted by Crippen LogP contribution is -2.41. The van der Waals surface area contributed by atoms with Crippen LogP contribution in [-0.4, -0.2) is 52.5 Å². The van der Waals surface area contributed by atoms with Crippen molar-refractivity contribution >= 4 is 45.9 Å². The second-order valence-electron chi connectivity index (χ2n) is 7.30. The Morgan fingerprint density at radius 2 is 2.22 bits per heavy atom. The molecule has 1 aliphatic carbocycles. The molecule has 3 rings (SSSR count). The van der Waals surface area contributed by atoms with Crippen molar-refractivity contribution in [2.75, 3.05) is 46.6 Å². The Morgan fingerprint density at radius 1 is 1.37 bits per heavy atom.